The van der Waals surface area contributed by atoms with Crippen LogP contribution >= 0.6 is 0 Å². The van der Waals surface area contributed by atoms with Crippen molar-refractivity contribution in [3.63, 3.8) is 0 Å². The zero-order chi connectivity index (χ0) is 15.4. The number of rotatable bonds is 6. The minimum Gasteiger partial charge on any atom is -0.478 e. The third kappa shape index (κ3) is 3.24. The summed E-state index contributed by atoms with van der Waals surface area (Å²) in [5.74, 6) is -2.71. The van der Waals surface area contributed by atoms with Crippen LogP contribution in [-0.2, 0) is 23.2 Å². The predicted molar refractivity (Wildman–Crippen MR) is 70.7 cm³/mol. The molecule has 0 aromatic carbocycles. The fraction of sp³-hybridized carbons (Fsp3) is 0.462. The highest BCUT2D eigenvalue weighted by atomic mass is 16.5. The summed E-state index contributed by atoms with van der Waals surface area (Å²) in [6, 6.07) is 1.02. The van der Waals surface area contributed by atoms with Crippen LogP contribution in [0.15, 0.2) is 6.07 Å². The van der Waals surface area contributed by atoms with Gasteiger partial charge in [-0.05, 0) is 19.9 Å². The molecule has 1 aromatic rings. The van der Waals surface area contributed by atoms with Gasteiger partial charge in [-0.3, -0.25) is 9.59 Å². The third-order valence-electron chi connectivity index (χ3n) is 2.73. The molecule has 0 atom stereocenters. The number of carboxylic acids is 1. The van der Waals surface area contributed by atoms with E-state index in [4.69, 9.17) is 9.84 Å². The minimum absolute atomic E-state index is 0.0209. The van der Waals surface area contributed by atoms with E-state index in [0.29, 0.717) is 5.69 Å². The number of nitrogens with one attached hydrogen (secondary N) is 1. The Labute approximate surface area is 116 Å². The lowest BCUT2D eigenvalue weighted by Crippen LogP contribution is -2.36. The average Bonchev–Trinajstić information content (AvgIpc) is 2.66. The number of methoxy groups -OCH3 is 1. The summed E-state index contributed by atoms with van der Waals surface area (Å²) < 4.78 is 6.29. The van der Waals surface area contributed by atoms with Gasteiger partial charge in [0.2, 0.25) is 0 Å². The van der Waals surface area contributed by atoms with Crippen LogP contribution in [0.25, 0.3) is 0 Å². The molecule has 0 saturated carbocycles. The average molecular weight is 282 g/mol. The van der Waals surface area contributed by atoms with E-state index in [2.05, 4.69) is 5.32 Å². The van der Waals surface area contributed by atoms with Crippen molar-refractivity contribution in [2.45, 2.75) is 26.5 Å². The molecule has 0 aliphatic rings. The fourth-order valence-electron chi connectivity index (χ4n) is 1.80. The van der Waals surface area contributed by atoms with Gasteiger partial charge in [0.25, 0.3) is 11.7 Å². The molecule has 1 heterocycles. The maximum atomic E-state index is 12.0. The summed E-state index contributed by atoms with van der Waals surface area (Å²) in [6.07, 6.45) is 0. The van der Waals surface area contributed by atoms with E-state index in [1.165, 1.54) is 24.8 Å². The standard InChI is InChI=1S/C13H18N2O5/c1-7(2)14-12(17)11(16)9-5-8(13(18)19)10(6-20-4)15(9)3/h5,7H,6H2,1-4H3,(H,14,17)(H,18,19). The topological polar surface area (TPSA) is 97.6 Å². The second kappa shape index (κ2) is 6.33. The van der Waals surface area contributed by atoms with Crippen molar-refractivity contribution in [2.75, 3.05) is 7.11 Å². The Kier molecular flexibility index (Phi) is 5.04. The van der Waals surface area contributed by atoms with E-state index in [9.17, 15) is 14.4 Å². The predicted octanol–water partition coefficient (Wildman–Crippen LogP) is 0.577. The molecule has 0 radical (unpaired) electrons. The zero-order valence-corrected chi connectivity index (χ0v) is 11.9. The van der Waals surface area contributed by atoms with Crippen LogP contribution in [0.5, 0.6) is 0 Å². The molecule has 0 unspecified atom stereocenters. The van der Waals surface area contributed by atoms with E-state index in [1.807, 2.05) is 0 Å². The Morgan fingerprint density at radius 3 is 2.45 bits per heavy atom. The first-order valence-electron chi connectivity index (χ1n) is 6.05. The van der Waals surface area contributed by atoms with Crippen LogP contribution in [-0.4, -0.2) is 40.5 Å². The second-order valence-corrected chi connectivity index (χ2v) is 4.64. The largest absolute Gasteiger partial charge is 0.478 e. The first kappa shape index (κ1) is 15.9. The molecular formula is C13H18N2O5. The van der Waals surface area contributed by atoms with Crippen molar-refractivity contribution in [3.8, 4) is 0 Å². The molecule has 0 aliphatic carbocycles. The highest BCUT2D eigenvalue weighted by Crippen LogP contribution is 2.17. The molecule has 0 aliphatic heterocycles. The van der Waals surface area contributed by atoms with E-state index in [0.717, 1.165) is 0 Å². The van der Waals surface area contributed by atoms with E-state index in [1.54, 1.807) is 13.8 Å². The first-order valence-corrected chi connectivity index (χ1v) is 6.05. The summed E-state index contributed by atoms with van der Waals surface area (Å²) in [7, 11) is 2.95. The van der Waals surface area contributed by atoms with Crippen molar-refractivity contribution >= 4 is 17.7 Å². The lowest BCUT2D eigenvalue weighted by atomic mass is 10.2. The van der Waals surface area contributed by atoms with E-state index >= 15 is 0 Å². The number of carbonyl (C=O) groups excluding carboxylic acids is 2. The number of nitrogens with zero attached hydrogens (tertiary/aromatic N) is 1. The van der Waals surface area contributed by atoms with Crippen LogP contribution in [0.3, 0.4) is 0 Å². The summed E-state index contributed by atoms with van der Waals surface area (Å²) in [5.41, 5.74) is 0.309. The Bertz CT molecular complexity index is 545. The number of aromatic nitrogens is 1. The Morgan fingerprint density at radius 2 is 2.00 bits per heavy atom. The van der Waals surface area contributed by atoms with Gasteiger partial charge in [0.05, 0.1) is 23.6 Å². The van der Waals surface area contributed by atoms with E-state index in [-0.39, 0.29) is 23.9 Å². The molecule has 7 heteroatoms. The molecule has 0 fully saturated rings. The normalized spacial score (nSPS) is 10.7. The van der Waals surface area contributed by atoms with Crippen molar-refractivity contribution in [3.05, 3.63) is 23.0 Å². The fourth-order valence-corrected chi connectivity index (χ4v) is 1.80. The lowest BCUT2D eigenvalue weighted by Gasteiger charge is -2.09. The van der Waals surface area contributed by atoms with Gasteiger partial charge in [-0.15, -0.1) is 0 Å². The molecule has 110 valence electrons. The van der Waals surface area contributed by atoms with Crippen LogP contribution in [0.4, 0.5) is 0 Å². The molecule has 0 saturated heterocycles. The molecule has 20 heavy (non-hydrogen) atoms. The number of hydrogen-bond acceptors (Lipinski definition) is 4. The number of hydrogen-bond donors (Lipinski definition) is 2. The van der Waals surface area contributed by atoms with Crippen molar-refractivity contribution in [1.82, 2.24) is 9.88 Å². The van der Waals surface area contributed by atoms with Crippen molar-refractivity contribution < 1.29 is 24.2 Å². The summed E-state index contributed by atoms with van der Waals surface area (Å²) in [5, 5.41) is 11.6. The minimum atomic E-state index is -1.17. The van der Waals surface area contributed by atoms with Gasteiger partial charge in [0, 0.05) is 20.2 Å². The van der Waals surface area contributed by atoms with Gasteiger partial charge < -0.3 is 19.7 Å². The van der Waals surface area contributed by atoms with Crippen molar-refractivity contribution in [2.24, 2.45) is 7.05 Å². The number of carboxylic acid groups (broad SMARTS) is 1. The third-order valence-corrected chi connectivity index (χ3v) is 2.73. The molecule has 1 rings (SSSR count). The molecule has 2 N–H and O–H groups in total. The number of aromatic carboxylic acids is 1. The van der Waals surface area contributed by atoms with Gasteiger partial charge in [-0.1, -0.05) is 0 Å². The van der Waals surface area contributed by atoms with Gasteiger partial charge in [-0.2, -0.15) is 0 Å². The second-order valence-electron chi connectivity index (χ2n) is 4.64. The molecular weight excluding hydrogens is 264 g/mol. The molecule has 1 amide bonds. The Hall–Kier alpha value is -2.15. The maximum absolute atomic E-state index is 12.0. The summed E-state index contributed by atoms with van der Waals surface area (Å²) in [4.78, 5) is 34.9. The highest BCUT2D eigenvalue weighted by Gasteiger charge is 2.25. The summed E-state index contributed by atoms with van der Waals surface area (Å²) >= 11 is 0. The van der Waals surface area contributed by atoms with Gasteiger partial charge in [0.1, 0.15) is 0 Å². The van der Waals surface area contributed by atoms with Gasteiger partial charge in [0.15, 0.2) is 0 Å². The molecule has 0 bridgehead atoms. The van der Waals surface area contributed by atoms with Crippen LogP contribution < -0.4 is 5.32 Å². The number of carbonyl (C=O) groups is 3. The highest BCUT2D eigenvalue weighted by molar-refractivity contribution is 6.42. The smallest absolute Gasteiger partial charge is 0.337 e. The van der Waals surface area contributed by atoms with E-state index < -0.39 is 17.7 Å². The lowest BCUT2D eigenvalue weighted by molar-refractivity contribution is -0.117. The molecule has 7 nitrogen and oxygen atoms in total. The zero-order valence-electron chi connectivity index (χ0n) is 11.9. The monoisotopic (exact) mass is 282 g/mol. The van der Waals surface area contributed by atoms with Crippen molar-refractivity contribution in [1.29, 1.82) is 0 Å². The van der Waals surface area contributed by atoms with Crippen LogP contribution in [0, 0.1) is 0 Å². The van der Waals surface area contributed by atoms with Crippen LogP contribution in [0.2, 0.25) is 0 Å². The number of ether oxygens (including phenoxy) is 1. The van der Waals surface area contributed by atoms with Gasteiger partial charge in [-0.25, -0.2) is 4.79 Å². The summed E-state index contributed by atoms with van der Waals surface area (Å²) in [6.45, 7) is 3.50. The molecule has 0 spiro atoms. The first-order chi connectivity index (χ1) is 9.29. The molecule has 1 aromatic heterocycles. The Morgan fingerprint density at radius 1 is 1.40 bits per heavy atom. The SMILES string of the molecule is COCc1c(C(=O)O)cc(C(=O)C(=O)NC(C)C)n1C. The Balaban J connectivity index is 3.19. The number of Topliss-reactive ketones (excluding diaryl/α,β-unsaturated/α-hetero) is 1. The quantitative estimate of drug-likeness (QED) is 0.587. The van der Waals surface area contributed by atoms with Crippen LogP contribution in [0.1, 0.15) is 40.4 Å². The van der Waals surface area contributed by atoms with Gasteiger partial charge >= 0.3 is 5.97 Å². The maximum Gasteiger partial charge on any atom is 0.337 e. The number of ketones is 1. The number of amides is 1.